The highest BCUT2D eigenvalue weighted by Crippen LogP contribution is 2.31. The van der Waals surface area contributed by atoms with Crippen molar-refractivity contribution >= 4 is 6.09 Å². The molecule has 0 bridgehead atoms. The lowest BCUT2D eigenvalue weighted by Crippen LogP contribution is -2.54. The number of nitrogens with one attached hydrogen (secondary N) is 1. The van der Waals surface area contributed by atoms with Crippen molar-refractivity contribution in [3.05, 3.63) is 0 Å². The first-order valence-electron chi connectivity index (χ1n) is 8.96. The number of hydrogen-bond donors (Lipinski definition) is 1. The number of likely N-dealkylation sites (tertiary alicyclic amines) is 1. The zero-order valence-corrected chi connectivity index (χ0v) is 14.9. The Labute approximate surface area is 136 Å². The van der Waals surface area contributed by atoms with Crippen LogP contribution in [0.2, 0.25) is 0 Å². The van der Waals surface area contributed by atoms with Crippen LogP contribution in [0.1, 0.15) is 65.7 Å². The van der Waals surface area contributed by atoms with Crippen LogP contribution in [0.3, 0.4) is 0 Å². The third-order valence-electron chi connectivity index (χ3n) is 4.95. The number of carbonyl (C=O) groups excluding carboxylic acids is 1. The van der Waals surface area contributed by atoms with Crippen LogP contribution in [0.4, 0.5) is 4.79 Å². The molecule has 0 aromatic carbocycles. The molecule has 2 aliphatic rings. The molecule has 1 saturated heterocycles. The lowest BCUT2D eigenvalue weighted by atomic mass is 9.80. The number of carbonyl (C=O) groups is 1. The molecule has 2 unspecified atom stereocenters. The van der Waals surface area contributed by atoms with E-state index < -0.39 is 0 Å². The fraction of sp³-hybridized carbons (Fsp3) is 0.944. The van der Waals surface area contributed by atoms with Gasteiger partial charge in [-0.25, -0.2) is 4.79 Å². The van der Waals surface area contributed by atoms with Gasteiger partial charge in [0.25, 0.3) is 0 Å². The van der Waals surface area contributed by atoms with Gasteiger partial charge in [0.1, 0.15) is 0 Å². The highest BCUT2D eigenvalue weighted by Gasteiger charge is 2.33. The Morgan fingerprint density at radius 1 is 1.14 bits per heavy atom. The molecule has 128 valence electrons. The molecular formula is C18H34N2O2. The Kier molecular flexibility index (Phi) is 6.13. The third kappa shape index (κ3) is 5.45. The number of nitrogens with zero attached hydrogens (tertiary/aromatic N) is 1. The Hall–Kier alpha value is -0.770. The van der Waals surface area contributed by atoms with Gasteiger partial charge < -0.3 is 15.0 Å². The summed E-state index contributed by atoms with van der Waals surface area (Å²) in [5, 5.41) is 3.83. The van der Waals surface area contributed by atoms with Crippen LogP contribution in [0.25, 0.3) is 0 Å². The summed E-state index contributed by atoms with van der Waals surface area (Å²) in [6.07, 6.45) is 8.81. The Morgan fingerprint density at radius 3 is 2.41 bits per heavy atom. The zero-order valence-electron chi connectivity index (χ0n) is 14.9. The van der Waals surface area contributed by atoms with Gasteiger partial charge in [0.15, 0.2) is 0 Å². The molecule has 22 heavy (non-hydrogen) atoms. The van der Waals surface area contributed by atoms with Gasteiger partial charge in [0.2, 0.25) is 0 Å². The maximum Gasteiger partial charge on any atom is 0.409 e. The molecule has 1 N–H and O–H groups in total. The van der Waals surface area contributed by atoms with Crippen molar-refractivity contribution in [2.24, 2.45) is 11.3 Å². The standard InChI is InChI=1S/C18H34N2O2/c1-18(2,3)11-14-10-16(13-20(12-14)17(21)22-4)19-15-8-6-5-7-9-15/h14-16,19H,5-13H2,1-4H3. The maximum absolute atomic E-state index is 12.0. The van der Waals surface area contributed by atoms with Crippen molar-refractivity contribution in [2.45, 2.75) is 77.8 Å². The van der Waals surface area contributed by atoms with E-state index in [4.69, 9.17) is 4.74 Å². The summed E-state index contributed by atoms with van der Waals surface area (Å²) in [4.78, 5) is 13.9. The molecule has 0 radical (unpaired) electrons. The van der Waals surface area contributed by atoms with Crippen LogP contribution in [0.15, 0.2) is 0 Å². The molecule has 0 aromatic heterocycles. The van der Waals surface area contributed by atoms with Crippen LogP contribution in [-0.2, 0) is 4.74 Å². The van der Waals surface area contributed by atoms with Crippen molar-refractivity contribution in [1.82, 2.24) is 10.2 Å². The van der Waals surface area contributed by atoms with Crippen molar-refractivity contribution < 1.29 is 9.53 Å². The van der Waals surface area contributed by atoms with Gasteiger partial charge in [-0.3, -0.25) is 0 Å². The molecule has 4 heteroatoms. The number of amides is 1. The summed E-state index contributed by atoms with van der Waals surface area (Å²) in [7, 11) is 1.49. The van der Waals surface area contributed by atoms with Crippen molar-refractivity contribution in [3.63, 3.8) is 0 Å². The first-order chi connectivity index (χ1) is 10.4. The van der Waals surface area contributed by atoms with E-state index in [2.05, 4.69) is 26.1 Å². The molecule has 0 spiro atoms. The van der Waals surface area contributed by atoms with E-state index in [9.17, 15) is 4.79 Å². The van der Waals surface area contributed by atoms with E-state index in [1.165, 1.54) is 45.6 Å². The molecule has 2 rings (SSSR count). The molecular weight excluding hydrogens is 276 g/mol. The largest absolute Gasteiger partial charge is 0.453 e. The number of rotatable bonds is 3. The Balaban J connectivity index is 1.96. The third-order valence-corrected chi connectivity index (χ3v) is 4.95. The van der Waals surface area contributed by atoms with Crippen LogP contribution in [0, 0.1) is 11.3 Å². The SMILES string of the molecule is COC(=O)N1CC(CC(C)(C)C)CC(NC2CCCCC2)C1. The Morgan fingerprint density at radius 2 is 1.82 bits per heavy atom. The predicted octanol–water partition coefficient (Wildman–Crippen LogP) is 3.80. The summed E-state index contributed by atoms with van der Waals surface area (Å²) in [6, 6.07) is 1.06. The predicted molar refractivity (Wildman–Crippen MR) is 90.0 cm³/mol. The van der Waals surface area contributed by atoms with E-state index >= 15 is 0 Å². The minimum Gasteiger partial charge on any atom is -0.453 e. The topological polar surface area (TPSA) is 41.6 Å². The molecule has 1 aliphatic carbocycles. The average Bonchev–Trinajstić information content (AvgIpc) is 2.45. The molecule has 1 saturated carbocycles. The second-order valence-electron chi connectivity index (χ2n) is 8.44. The van der Waals surface area contributed by atoms with Gasteiger partial charge in [-0.15, -0.1) is 0 Å². The highest BCUT2D eigenvalue weighted by atomic mass is 16.5. The fourth-order valence-electron chi connectivity index (χ4n) is 4.22. The van der Waals surface area contributed by atoms with E-state index in [1.54, 1.807) is 0 Å². The van der Waals surface area contributed by atoms with E-state index in [1.807, 2.05) is 4.90 Å². The van der Waals surface area contributed by atoms with Crippen LogP contribution in [0.5, 0.6) is 0 Å². The smallest absolute Gasteiger partial charge is 0.409 e. The molecule has 2 atom stereocenters. The molecule has 4 nitrogen and oxygen atoms in total. The van der Waals surface area contributed by atoms with E-state index in [0.717, 1.165) is 19.5 Å². The number of piperidine rings is 1. The summed E-state index contributed by atoms with van der Waals surface area (Å²) in [6.45, 7) is 8.49. The average molecular weight is 310 g/mol. The summed E-state index contributed by atoms with van der Waals surface area (Å²) < 4.78 is 4.97. The summed E-state index contributed by atoms with van der Waals surface area (Å²) in [5.41, 5.74) is 0.305. The quantitative estimate of drug-likeness (QED) is 0.862. The van der Waals surface area contributed by atoms with Crippen LogP contribution >= 0.6 is 0 Å². The zero-order chi connectivity index (χ0) is 16.2. The second kappa shape index (κ2) is 7.67. The fourth-order valence-corrected chi connectivity index (χ4v) is 4.22. The molecule has 0 aromatic rings. The lowest BCUT2D eigenvalue weighted by Gasteiger charge is -2.41. The Bertz CT molecular complexity index is 359. The monoisotopic (exact) mass is 310 g/mol. The van der Waals surface area contributed by atoms with Crippen LogP contribution < -0.4 is 5.32 Å². The molecule has 1 heterocycles. The van der Waals surface area contributed by atoms with Gasteiger partial charge >= 0.3 is 6.09 Å². The first kappa shape index (κ1) is 17.6. The molecule has 1 amide bonds. The lowest BCUT2D eigenvalue weighted by molar-refractivity contribution is 0.0773. The number of hydrogen-bond acceptors (Lipinski definition) is 3. The van der Waals surface area contributed by atoms with E-state index in [0.29, 0.717) is 23.4 Å². The van der Waals surface area contributed by atoms with Crippen molar-refractivity contribution in [3.8, 4) is 0 Å². The highest BCUT2D eigenvalue weighted by molar-refractivity contribution is 5.67. The van der Waals surface area contributed by atoms with Gasteiger partial charge in [-0.05, 0) is 37.0 Å². The van der Waals surface area contributed by atoms with Crippen molar-refractivity contribution in [1.29, 1.82) is 0 Å². The first-order valence-corrected chi connectivity index (χ1v) is 8.96. The van der Waals surface area contributed by atoms with E-state index in [-0.39, 0.29) is 6.09 Å². The molecule has 1 aliphatic heterocycles. The summed E-state index contributed by atoms with van der Waals surface area (Å²) in [5.74, 6) is 0.564. The van der Waals surface area contributed by atoms with Crippen molar-refractivity contribution in [2.75, 3.05) is 20.2 Å². The van der Waals surface area contributed by atoms with Gasteiger partial charge in [0, 0.05) is 25.2 Å². The van der Waals surface area contributed by atoms with Gasteiger partial charge in [0.05, 0.1) is 7.11 Å². The summed E-state index contributed by atoms with van der Waals surface area (Å²) >= 11 is 0. The van der Waals surface area contributed by atoms with Crippen LogP contribution in [-0.4, -0.2) is 43.3 Å². The number of methoxy groups -OCH3 is 1. The molecule has 2 fully saturated rings. The normalized spacial score (nSPS) is 27.7. The minimum atomic E-state index is -0.172. The number of ether oxygens (including phenoxy) is 1. The minimum absolute atomic E-state index is 0.172. The second-order valence-corrected chi connectivity index (χ2v) is 8.44. The van der Waals surface area contributed by atoms with Gasteiger partial charge in [-0.2, -0.15) is 0 Å². The maximum atomic E-state index is 12.0. The van der Waals surface area contributed by atoms with Gasteiger partial charge in [-0.1, -0.05) is 40.0 Å².